The fourth-order valence-electron chi connectivity index (χ4n) is 1.94. The van der Waals surface area contributed by atoms with Crippen molar-refractivity contribution in [3.05, 3.63) is 54.6 Å². The predicted molar refractivity (Wildman–Crippen MR) is 88.5 cm³/mol. The number of hydrogen-bond acceptors (Lipinski definition) is 2. The highest BCUT2D eigenvalue weighted by Crippen LogP contribution is 2.21. The second-order valence-corrected chi connectivity index (χ2v) is 5.35. The van der Waals surface area contributed by atoms with E-state index in [2.05, 4.69) is 16.0 Å². The van der Waals surface area contributed by atoms with Crippen LogP contribution in [-0.4, -0.2) is 11.2 Å². The summed E-state index contributed by atoms with van der Waals surface area (Å²) in [4.78, 5) is 0. The smallest absolute Gasteiger partial charge is 0.170 e. The van der Waals surface area contributed by atoms with Crippen molar-refractivity contribution in [1.29, 1.82) is 0 Å². The van der Waals surface area contributed by atoms with Gasteiger partial charge in [0.25, 0.3) is 0 Å². The zero-order valence-electron chi connectivity index (χ0n) is 11.1. The Morgan fingerprint density at radius 1 is 0.900 bits per heavy atom. The van der Waals surface area contributed by atoms with Gasteiger partial charge in [-0.05, 0) is 55.4 Å². The number of rotatable bonds is 4. The molecular formula is C16H17N3S. The maximum Gasteiger partial charge on any atom is 0.170 e. The standard InChI is InChI=1S/C16H17N3S/c20-16(18-13-9-10-13)19-15-8-4-7-14(11-15)17-12-5-2-1-3-6-12/h1-8,11,13,17H,9-10H2,(H2,18,19,20). The van der Waals surface area contributed by atoms with E-state index in [1.165, 1.54) is 12.8 Å². The Morgan fingerprint density at radius 3 is 2.35 bits per heavy atom. The van der Waals surface area contributed by atoms with Gasteiger partial charge in [0.05, 0.1) is 0 Å². The van der Waals surface area contributed by atoms with Crippen molar-refractivity contribution in [3.63, 3.8) is 0 Å². The second-order valence-electron chi connectivity index (χ2n) is 4.94. The molecule has 0 radical (unpaired) electrons. The SMILES string of the molecule is S=C(Nc1cccc(Nc2ccccc2)c1)NC1CC1. The van der Waals surface area contributed by atoms with Crippen LogP contribution >= 0.6 is 12.2 Å². The molecule has 2 aromatic rings. The minimum atomic E-state index is 0.570. The topological polar surface area (TPSA) is 36.1 Å². The molecule has 4 heteroatoms. The third-order valence-electron chi connectivity index (χ3n) is 3.10. The molecule has 20 heavy (non-hydrogen) atoms. The molecule has 3 N–H and O–H groups in total. The third-order valence-corrected chi connectivity index (χ3v) is 3.32. The molecule has 1 fully saturated rings. The highest BCUT2D eigenvalue weighted by molar-refractivity contribution is 7.80. The highest BCUT2D eigenvalue weighted by atomic mass is 32.1. The van der Waals surface area contributed by atoms with Crippen LogP contribution in [0.25, 0.3) is 0 Å². The van der Waals surface area contributed by atoms with Crippen LogP contribution in [0, 0.1) is 0 Å². The zero-order valence-corrected chi connectivity index (χ0v) is 11.9. The van der Waals surface area contributed by atoms with E-state index in [-0.39, 0.29) is 0 Å². The molecule has 0 amide bonds. The largest absolute Gasteiger partial charge is 0.360 e. The van der Waals surface area contributed by atoms with E-state index in [9.17, 15) is 0 Å². The summed E-state index contributed by atoms with van der Waals surface area (Å²) in [5, 5.41) is 10.6. The molecular weight excluding hydrogens is 266 g/mol. The van der Waals surface area contributed by atoms with Crippen molar-refractivity contribution in [2.24, 2.45) is 0 Å². The van der Waals surface area contributed by atoms with Crippen LogP contribution in [-0.2, 0) is 0 Å². The summed E-state index contributed by atoms with van der Waals surface area (Å²) in [5.41, 5.74) is 3.10. The van der Waals surface area contributed by atoms with Crippen molar-refractivity contribution < 1.29 is 0 Å². The molecule has 0 aromatic heterocycles. The Balaban J connectivity index is 1.64. The first-order valence-corrected chi connectivity index (χ1v) is 7.20. The molecule has 0 heterocycles. The summed E-state index contributed by atoms with van der Waals surface area (Å²) in [6.45, 7) is 0. The van der Waals surface area contributed by atoms with Crippen molar-refractivity contribution in [2.45, 2.75) is 18.9 Å². The van der Waals surface area contributed by atoms with Gasteiger partial charge in [0, 0.05) is 23.1 Å². The van der Waals surface area contributed by atoms with Gasteiger partial charge in [-0.25, -0.2) is 0 Å². The number of hydrogen-bond donors (Lipinski definition) is 3. The quantitative estimate of drug-likeness (QED) is 0.744. The lowest BCUT2D eigenvalue weighted by molar-refractivity contribution is 0.919. The molecule has 0 unspecified atom stereocenters. The van der Waals surface area contributed by atoms with E-state index in [1.54, 1.807) is 0 Å². The van der Waals surface area contributed by atoms with Gasteiger partial charge in [-0.3, -0.25) is 0 Å². The molecule has 0 spiro atoms. The summed E-state index contributed by atoms with van der Waals surface area (Å²) in [5.74, 6) is 0. The fourth-order valence-corrected chi connectivity index (χ4v) is 2.23. The maximum absolute atomic E-state index is 5.28. The van der Waals surface area contributed by atoms with Crippen LogP contribution in [0.4, 0.5) is 17.1 Å². The van der Waals surface area contributed by atoms with Crippen LogP contribution in [0.5, 0.6) is 0 Å². The fraction of sp³-hybridized carbons (Fsp3) is 0.188. The van der Waals surface area contributed by atoms with Crippen LogP contribution in [0.3, 0.4) is 0 Å². The van der Waals surface area contributed by atoms with E-state index in [0.29, 0.717) is 11.2 Å². The molecule has 0 saturated heterocycles. The normalized spacial score (nSPS) is 13.6. The molecule has 1 aliphatic carbocycles. The molecule has 0 atom stereocenters. The summed E-state index contributed by atoms with van der Waals surface area (Å²) in [6, 6.07) is 18.8. The number of anilines is 3. The monoisotopic (exact) mass is 283 g/mol. The highest BCUT2D eigenvalue weighted by Gasteiger charge is 2.21. The lowest BCUT2D eigenvalue weighted by Gasteiger charge is -2.12. The third kappa shape index (κ3) is 3.71. The van der Waals surface area contributed by atoms with Crippen LogP contribution in [0.2, 0.25) is 0 Å². The molecule has 0 bridgehead atoms. The lowest BCUT2D eigenvalue weighted by atomic mass is 10.2. The van der Waals surface area contributed by atoms with Crippen molar-refractivity contribution >= 4 is 34.4 Å². The first-order valence-electron chi connectivity index (χ1n) is 6.79. The Labute approximate surface area is 124 Å². The van der Waals surface area contributed by atoms with E-state index in [1.807, 2.05) is 54.6 Å². The first kappa shape index (κ1) is 12.9. The van der Waals surface area contributed by atoms with Gasteiger partial charge in [-0.1, -0.05) is 24.3 Å². The molecule has 0 aliphatic heterocycles. The van der Waals surface area contributed by atoms with E-state index >= 15 is 0 Å². The van der Waals surface area contributed by atoms with Crippen LogP contribution in [0.15, 0.2) is 54.6 Å². The molecule has 3 nitrogen and oxygen atoms in total. The number of benzene rings is 2. The van der Waals surface area contributed by atoms with Gasteiger partial charge in [0.1, 0.15) is 0 Å². The van der Waals surface area contributed by atoms with Crippen LogP contribution < -0.4 is 16.0 Å². The van der Waals surface area contributed by atoms with Crippen molar-refractivity contribution in [1.82, 2.24) is 5.32 Å². The van der Waals surface area contributed by atoms with Crippen LogP contribution in [0.1, 0.15) is 12.8 Å². The maximum atomic E-state index is 5.28. The molecule has 1 aliphatic rings. The number of thiocarbonyl (C=S) groups is 1. The summed E-state index contributed by atoms with van der Waals surface area (Å²) < 4.78 is 0. The molecule has 3 rings (SSSR count). The molecule has 1 saturated carbocycles. The summed E-state index contributed by atoms with van der Waals surface area (Å²) >= 11 is 5.28. The Kier molecular flexibility index (Phi) is 3.83. The molecule has 102 valence electrons. The zero-order chi connectivity index (χ0) is 13.8. The Hall–Kier alpha value is -2.07. The Bertz CT molecular complexity index is 594. The predicted octanol–water partition coefficient (Wildman–Crippen LogP) is 3.88. The summed E-state index contributed by atoms with van der Waals surface area (Å²) in [7, 11) is 0. The lowest BCUT2D eigenvalue weighted by Crippen LogP contribution is -2.30. The van der Waals surface area contributed by atoms with Gasteiger partial charge in [-0.2, -0.15) is 0 Å². The average Bonchev–Trinajstić information content (AvgIpc) is 3.24. The molecule has 2 aromatic carbocycles. The van der Waals surface area contributed by atoms with Gasteiger partial charge >= 0.3 is 0 Å². The second kappa shape index (κ2) is 5.92. The van der Waals surface area contributed by atoms with Crippen molar-refractivity contribution in [3.8, 4) is 0 Å². The van der Waals surface area contributed by atoms with Gasteiger partial charge in [0.15, 0.2) is 5.11 Å². The average molecular weight is 283 g/mol. The van der Waals surface area contributed by atoms with E-state index in [4.69, 9.17) is 12.2 Å². The number of para-hydroxylation sites is 1. The van der Waals surface area contributed by atoms with E-state index in [0.717, 1.165) is 17.1 Å². The minimum Gasteiger partial charge on any atom is -0.360 e. The first-order chi connectivity index (χ1) is 9.79. The van der Waals surface area contributed by atoms with Gasteiger partial charge in [-0.15, -0.1) is 0 Å². The van der Waals surface area contributed by atoms with Gasteiger partial charge < -0.3 is 16.0 Å². The van der Waals surface area contributed by atoms with Crippen molar-refractivity contribution in [2.75, 3.05) is 10.6 Å². The van der Waals surface area contributed by atoms with E-state index < -0.39 is 0 Å². The minimum absolute atomic E-state index is 0.570. The Morgan fingerprint density at radius 2 is 1.60 bits per heavy atom. The number of nitrogens with one attached hydrogen (secondary N) is 3. The van der Waals surface area contributed by atoms with Gasteiger partial charge in [0.2, 0.25) is 0 Å². The summed E-state index contributed by atoms with van der Waals surface area (Å²) in [6.07, 6.45) is 2.44.